The number of methoxy groups -OCH3 is 1. The van der Waals surface area contributed by atoms with Crippen LogP contribution in [0.15, 0.2) is 60.1 Å². The number of fused-ring (bicyclic) bond motifs is 1. The highest BCUT2D eigenvalue weighted by molar-refractivity contribution is 7.15. The third-order valence-electron chi connectivity index (χ3n) is 4.46. The molecule has 0 unspecified atom stereocenters. The Labute approximate surface area is 170 Å². The van der Waals surface area contributed by atoms with Crippen molar-refractivity contribution in [2.45, 2.75) is 6.42 Å². The minimum Gasteiger partial charge on any atom is -0.497 e. The van der Waals surface area contributed by atoms with Crippen molar-refractivity contribution in [1.82, 2.24) is 9.38 Å². The molecule has 2 heterocycles. The van der Waals surface area contributed by atoms with E-state index < -0.39 is 5.91 Å². The zero-order valence-electron chi connectivity index (χ0n) is 15.6. The first-order valence-electron chi connectivity index (χ1n) is 8.83. The van der Waals surface area contributed by atoms with Crippen molar-refractivity contribution in [2.24, 2.45) is 5.73 Å². The second-order valence-electron chi connectivity index (χ2n) is 6.37. The highest BCUT2D eigenvalue weighted by Crippen LogP contribution is 2.26. The zero-order chi connectivity index (χ0) is 20.4. The smallest absolute Gasteiger partial charge is 0.250 e. The topological polar surface area (TPSA) is 98.7 Å². The van der Waals surface area contributed by atoms with E-state index in [1.165, 1.54) is 11.3 Å². The highest BCUT2D eigenvalue weighted by atomic mass is 32.1. The van der Waals surface area contributed by atoms with Crippen molar-refractivity contribution in [2.75, 3.05) is 12.4 Å². The molecule has 0 fully saturated rings. The van der Waals surface area contributed by atoms with Gasteiger partial charge in [-0.2, -0.15) is 0 Å². The molecule has 0 atom stereocenters. The molecule has 2 aromatic carbocycles. The van der Waals surface area contributed by atoms with Crippen molar-refractivity contribution < 1.29 is 14.3 Å². The van der Waals surface area contributed by atoms with E-state index in [9.17, 15) is 9.59 Å². The number of nitrogens with one attached hydrogen (secondary N) is 1. The van der Waals surface area contributed by atoms with Gasteiger partial charge in [-0.15, -0.1) is 11.3 Å². The Morgan fingerprint density at radius 3 is 2.83 bits per heavy atom. The molecular formula is C21H18N4O3S. The average Bonchev–Trinajstić information content (AvgIpc) is 3.30. The summed E-state index contributed by atoms with van der Waals surface area (Å²) in [7, 11) is 1.62. The number of hydrogen-bond acceptors (Lipinski definition) is 5. The number of aromatic nitrogens is 2. The first kappa shape index (κ1) is 18.7. The Morgan fingerprint density at radius 2 is 2.03 bits per heavy atom. The van der Waals surface area contributed by atoms with Crippen LogP contribution < -0.4 is 15.8 Å². The lowest BCUT2D eigenvalue weighted by Crippen LogP contribution is -2.19. The van der Waals surface area contributed by atoms with Crippen LogP contribution in [0.5, 0.6) is 5.75 Å². The Kier molecular flexibility index (Phi) is 5.01. The maximum absolute atomic E-state index is 12.5. The molecule has 29 heavy (non-hydrogen) atoms. The molecule has 0 aliphatic rings. The number of rotatable bonds is 6. The maximum atomic E-state index is 12.5. The lowest BCUT2D eigenvalue weighted by molar-refractivity contribution is -0.115. The standard InChI is InChI=1S/C21H18N4O3S/c1-28-15-6-4-5-13(9-15)18-11-25-14(12-29-21(25)24-18)10-19(26)23-17-8-3-2-7-16(17)20(22)27/h2-9,11-12H,10H2,1H3,(H2,22,27)(H,23,26). The normalized spacial score (nSPS) is 10.8. The van der Waals surface area contributed by atoms with E-state index in [0.29, 0.717) is 5.69 Å². The Bertz CT molecular complexity index is 1210. The molecule has 0 spiro atoms. The summed E-state index contributed by atoms with van der Waals surface area (Å²) in [5.41, 5.74) is 8.59. The van der Waals surface area contributed by atoms with Crippen LogP contribution in [0.1, 0.15) is 16.1 Å². The third-order valence-corrected chi connectivity index (χ3v) is 5.35. The van der Waals surface area contributed by atoms with Gasteiger partial charge in [-0.25, -0.2) is 4.98 Å². The highest BCUT2D eigenvalue weighted by Gasteiger charge is 2.15. The molecule has 3 N–H and O–H groups in total. The van der Waals surface area contributed by atoms with Gasteiger partial charge in [0, 0.05) is 22.8 Å². The number of imidazole rings is 1. The van der Waals surface area contributed by atoms with E-state index in [0.717, 1.165) is 27.7 Å². The van der Waals surface area contributed by atoms with Gasteiger partial charge >= 0.3 is 0 Å². The van der Waals surface area contributed by atoms with E-state index in [-0.39, 0.29) is 17.9 Å². The summed E-state index contributed by atoms with van der Waals surface area (Å²) in [4.78, 5) is 29.5. The van der Waals surface area contributed by atoms with Gasteiger partial charge in [0.1, 0.15) is 5.75 Å². The fourth-order valence-electron chi connectivity index (χ4n) is 3.04. The molecule has 2 aromatic heterocycles. The summed E-state index contributed by atoms with van der Waals surface area (Å²) in [5, 5.41) is 4.66. The van der Waals surface area contributed by atoms with Crippen LogP contribution in [-0.4, -0.2) is 28.3 Å². The number of nitrogens with zero attached hydrogens (tertiary/aromatic N) is 2. The molecule has 4 rings (SSSR count). The minimum atomic E-state index is -0.587. The molecule has 0 aliphatic carbocycles. The number of carbonyl (C=O) groups excluding carboxylic acids is 2. The van der Waals surface area contributed by atoms with E-state index >= 15 is 0 Å². The number of benzene rings is 2. The summed E-state index contributed by atoms with van der Waals surface area (Å²) < 4.78 is 7.18. The number of primary amides is 1. The van der Waals surface area contributed by atoms with Crippen molar-refractivity contribution in [3.8, 4) is 17.0 Å². The van der Waals surface area contributed by atoms with Crippen molar-refractivity contribution in [1.29, 1.82) is 0 Å². The largest absolute Gasteiger partial charge is 0.497 e. The molecule has 7 nitrogen and oxygen atoms in total. The second kappa shape index (κ2) is 7.76. The maximum Gasteiger partial charge on any atom is 0.250 e. The Morgan fingerprint density at radius 1 is 1.21 bits per heavy atom. The summed E-state index contributed by atoms with van der Waals surface area (Å²) in [6, 6.07) is 14.3. The number of hydrogen-bond donors (Lipinski definition) is 2. The van der Waals surface area contributed by atoms with Crippen molar-refractivity contribution >= 4 is 33.8 Å². The van der Waals surface area contributed by atoms with Crippen LogP contribution in [0.4, 0.5) is 5.69 Å². The van der Waals surface area contributed by atoms with Crippen LogP contribution >= 0.6 is 11.3 Å². The lowest BCUT2D eigenvalue weighted by Gasteiger charge is -2.08. The molecule has 2 amide bonds. The molecule has 8 heteroatoms. The van der Waals surface area contributed by atoms with Crippen LogP contribution in [0.25, 0.3) is 16.2 Å². The summed E-state index contributed by atoms with van der Waals surface area (Å²) in [6.07, 6.45) is 2.04. The molecule has 0 radical (unpaired) electrons. The third kappa shape index (κ3) is 3.83. The number of para-hydroxylation sites is 1. The van der Waals surface area contributed by atoms with Crippen LogP contribution in [0, 0.1) is 0 Å². The zero-order valence-corrected chi connectivity index (χ0v) is 16.4. The Hall–Kier alpha value is -3.65. The monoisotopic (exact) mass is 406 g/mol. The predicted molar refractivity (Wildman–Crippen MR) is 112 cm³/mol. The summed E-state index contributed by atoms with van der Waals surface area (Å²) >= 11 is 1.46. The van der Waals surface area contributed by atoms with E-state index in [2.05, 4.69) is 10.3 Å². The van der Waals surface area contributed by atoms with Gasteiger partial charge in [0.05, 0.1) is 30.5 Å². The molecular weight excluding hydrogens is 388 g/mol. The van der Waals surface area contributed by atoms with Crippen LogP contribution in [0.2, 0.25) is 0 Å². The Balaban J connectivity index is 1.56. The van der Waals surface area contributed by atoms with Crippen molar-refractivity contribution in [3.05, 3.63) is 71.4 Å². The molecule has 0 bridgehead atoms. The van der Waals surface area contributed by atoms with Gasteiger partial charge in [-0.05, 0) is 24.3 Å². The van der Waals surface area contributed by atoms with Gasteiger partial charge in [-0.1, -0.05) is 24.3 Å². The predicted octanol–water partition coefficient (Wildman–Crippen LogP) is 3.35. The van der Waals surface area contributed by atoms with Gasteiger partial charge in [0.2, 0.25) is 5.91 Å². The number of carbonyl (C=O) groups is 2. The fraction of sp³-hybridized carbons (Fsp3) is 0.0952. The van der Waals surface area contributed by atoms with Crippen molar-refractivity contribution in [3.63, 3.8) is 0 Å². The number of anilines is 1. The molecule has 4 aromatic rings. The number of thiazole rings is 1. The van der Waals surface area contributed by atoms with Gasteiger partial charge < -0.3 is 15.8 Å². The minimum absolute atomic E-state index is 0.140. The summed E-state index contributed by atoms with van der Waals surface area (Å²) in [5.74, 6) is -0.0713. The number of nitrogens with two attached hydrogens (primary N) is 1. The molecule has 0 saturated carbocycles. The quantitative estimate of drug-likeness (QED) is 0.513. The van der Waals surface area contributed by atoms with Gasteiger partial charge in [-0.3, -0.25) is 14.0 Å². The van der Waals surface area contributed by atoms with E-state index in [1.807, 2.05) is 40.2 Å². The van der Waals surface area contributed by atoms with E-state index in [4.69, 9.17) is 10.5 Å². The van der Waals surface area contributed by atoms with Gasteiger partial charge in [0.25, 0.3) is 5.91 Å². The number of ether oxygens (including phenoxy) is 1. The molecule has 146 valence electrons. The van der Waals surface area contributed by atoms with E-state index in [1.54, 1.807) is 31.4 Å². The SMILES string of the molecule is COc1cccc(-c2cn3c(CC(=O)Nc4ccccc4C(N)=O)csc3n2)c1. The van der Waals surface area contributed by atoms with Crippen LogP contribution in [0.3, 0.4) is 0 Å². The average molecular weight is 406 g/mol. The second-order valence-corrected chi connectivity index (χ2v) is 7.21. The first-order chi connectivity index (χ1) is 14.0. The van der Waals surface area contributed by atoms with Gasteiger partial charge in [0.15, 0.2) is 4.96 Å². The molecule has 0 saturated heterocycles. The summed E-state index contributed by atoms with van der Waals surface area (Å²) in [6.45, 7) is 0. The van der Waals surface area contributed by atoms with Crippen LogP contribution in [-0.2, 0) is 11.2 Å². The lowest BCUT2D eigenvalue weighted by atomic mass is 10.1. The molecule has 0 aliphatic heterocycles. The fourth-order valence-corrected chi connectivity index (χ4v) is 3.92. The first-order valence-corrected chi connectivity index (χ1v) is 9.71. The number of amides is 2.